The van der Waals surface area contributed by atoms with Gasteiger partial charge >= 0.3 is 0 Å². The smallest absolute Gasteiger partial charge is 0.123 e. The van der Waals surface area contributed by atoms with E-state index in [0.717, 1.165) is 0 Å². The van der Waals surface area contributed by atoms with Crippen LogP contribution in [0.25, 0.3) is 0 Å². The van der Waals surface area contributed by atoms with Gasteiger partial charge in [-0.1, -0.05) is 0 Å². The van der Waals surface area contributed by atoms with Gasteiger partial charge in [-0.3, -0.25) is 0 Å². The largest absolute Gasteiger partial charge is 0.508 e. The van der Waals surface area contributed by atoms with Gasteiger partial charge in [-0.25, -0.2) is 4.39 Å². The first-order valence-corrected chi connectivity index (χ1v) is 3.95. The quantitative estimate of drug-likeness (QED) is 0.652. The molecule has 1 aromatic rings. The van der Waals surface area contributed by atoms with E-state index in [4.69, 9.17) is 5.11 Å². The van der Waals surface area contributed by atoms with Crippen molar-refractivity contribution in [3.05, 3.63) is 29.6 Å². The van der Waals surface area contributed by atoms with E-state index in [9.17, 15) is 9.50 Å². The molecule has 0 heterocycles. The summed E-state index contributed by atoms with van der Waals surface area (Å²) in [6.45, 7) is -0.187. The molecule has 0 amide bonds. The molecule has 0 aliphatic carbocycles. The summed E-state index contributed by atoms with van der Waals surface area (Å²) < 4.78 is 12.8. The van der Waals surface area contributed by atoms with E-state index in [-0.39, 0.29) is 12.4 Å². The van der Waals surface area contributed by atoms with Crippen LogP contribution in [0.1, 0.15) is 11.6 Å². The lowest BCUT2D eigenvalue weighted by Gasteiger charge is -2.14. The summed E-state index contributed by atoms with van der Waals surface area (Å²) >= 11 is 0. The lowest BCUT2D eigenvalue weighted by Crippen LogP contribution is -2.20. The van der Waals surface area contributed by atoms with Crippen molar-refractivity contribution in [2.45, 2.75) is 6.04 Å². The molecule has 3 nitrogen and oxygen atoms in total. The lowest BCUT2D eigenvalue weighted by molar-refractivity contribution is 0.248. The van der Waals surface area contributed by atoms with Crippen LogP contribution in [0.2, 0.25) is 0 Å². The van der Waals surface area contributed by atoms with Crippen LogP contribution in [-0.2, 0) is 0 Å². The van der Waals surface area contributed by atoms with E-state index < -0.39 is 11.9 Å². The fourth-order valence-corrected chi connectivity index (χ4v) is 1.15. The molecule has 4 heteroatoms. The van der Waals surface area contributed by atoms with Crippen molar-refractivity contribution in [1.82, 2.24) is 5.32 Å². The highest BCUT2D eigenvalue weighted by Crippen LogP contribution is 2.24. The van der Waals surface area contributed by atoms with Crippen LogP contribution in [0.3, 0.4) is 0 Å². The number of hydrogen-bond acceptors (Lipinski definition) is 3. The minimum Gasteiger partial charge on any atom is -0.508 e. The predicted octanol–water partition coefficient (Wildman–Crippen LogP) is 0.784. The minimum atomic E-state index is -0.435. The fourth-order valence-electron chi connectivity index (χ4n) is 1.15. The Balaban J connectivity index is 3.03. The van der Waals surface area contributed by atoms with Crippen molar-refractivity contribution >= 4 is 0 Å². The van der Waals surface area contributed by atoms with Crippen LogP contribution >= 0.6 is 0 Å². The Labute approximate surface area is 75.8 Å². The summed E-state index contributed by atoms with van der Waals surface area (Å²) in [6, 6.07) is 3.20. The zero-order chi connectivity index (χ0) is 9.84. The van der Waals surface area contributed by atoms with Gasteiger partial charge in [-0.05, 0) is 25.2 Å². The van der Waals surface area contributed by atoms with Gasteiger partial charge < -0.3 is 15.5 Å². The third-order valence-corrected chi connectivity index (χ3v) is 1.90. The van der Waals surface area contributed by atoms with Gasteiger partial charge in [0, 0.05) is 5.56 Å². The lowest BCUT2D eigenvalue weighted by atomic mass is 10.1. The Bertz CT molecular complexity index is 287. The molecule has 1 aromatic carbocycles. The first-order chi connectivity index (χ1) is 6.19. The number of rotatable bonds is 3. The number of nitrogens with one attached hydrogen (secondary N) is 1. The Morgan fingerprint density at radius 3 is 2.77 bits per heavy atom. The Hall–Kier alpha value is -1.13. The standard InChI is InChI=1S/C9H12FNO2/c1-11-8(5-12)7-4-6(10)2-3-9(7)13/h2-4,8,11-13H,5H2,1H3/t8-/m1/s1. The molecule has 3 N–H and O–H groups in total. The molecule has 13 heavy (non-hydrogen) atoms. The number of likely N-dealkylation sites (N-methyl/N-ethyl adjacent to an activating group) is 1. The summed E-state index contributed by atoms with van der Waals surface area (Å²) in [5.74, 6) is -0.448. The number of halogens is 1. The zero-order valence-corrected chi connectivity index (χ0v) is 7.29. The van der Waals surface area contributed by atoms with Crippen LogP contribution in [-0.4, -0.2) is 23.9 Å². The van der Waals surface area contributed by atoms with Gasteiger partial charge in [-0.2, -0.15) is 0 Å². The fraction of sp³-hybridized carbons (Fsp3) is 0.333. The molecule has 0 fully saturated rings. The van der Waals surface area contributed by atoms with Gasteiger partial charge in [0.2, 0.25) is 0 Å². The highest BCUT2D eigenvalue weighted by molar-refractivity contribution is 5.35. The topological polar surface area (TPSA) is 52.5 Å². The Kier molecular flexibility index (Phi) is 3.22. The maximum Gasteiger partial charge on any atom is 0.123 e. The number of phenolic OH excluding ortho intramolecular Hbond substituents is 1. The number of aliphatic hydroxyl groups excluding tert-OH is 1. The molecule has 0 unspecified atom stereocenters. The van der Waals surface area contributed by atoms with E-state index in [1.54, 1.807) is 7.05 Å². The number of benzene rings is 1. The van der Waals surface area contributed by atoms with Crippen LogP contribution in [0, 0.1) is 5.82 Å². The molecule has 72 valence electrons. The first-order valence-electron chi connectivity index (χ1n) is 3.95. The summed E-state index contributed by atoms with van der Waals surface area (Å²) in [5.41, 5.74) is 0.366. The molecular formula is C9H12FNO2. The maximum absolute atomic E-state index is 12.8. The summed E-state index contributed by atoms with van der Waals surface area (Å²) in [6.07, 6.45) is 0. The van der Waals surface area contributed by atoms with Gasteiger partial charge in [-0.15, -0.1) is 0 Å². The second kappa shape index (κ2) is 4.20. The van der Waals surface area contributed by atoms with Crippen LogP contribution < -0.4 is 5.32 Å². The van der Waals surface area contributed by atoms with Gasteiger partial charge in [0.15, 0.2) is 0 Å². The second-order valence-corrected chi connectivity index (χ2v) is 2.73. The average molecular weight is 185 g/mol. The molecule has 1 atom stereocenters. The molecule has 0 saturated carbocycles. The van der Waals surface area contributed by atoms with Crippen molar-refractivity contribution in [2.75, 3.05) is 13.7 Å². The van der Waals surface area contributed by atoms with E-state index in [1.165, 1.54) is 18.2 Å². The average Bonchev–Trinajstić information content (AvgIpc) is 2.13. The highest BCUT2D eigenvalue weighted by atomic mass is 19.1. The van der Waals surface area contributed by atoms with Gasteiger partial charge in [0.1, 0.15) is 11.6 Å². The molecule has 0 saturated heterocycles. The van der Waals surface area contributed by atoms with Crippen molar-refractivity contribution in [3.8, 4) is 5.75 Å². The third kappa shape index (κ3) is 2.17. The predicted molar refractivity (Wildman–Crippen MR) is 47.0 cm³/mol. The monoisotopic (exact) mass is 185 g/mol. The number of phenols is 1. The minimum absolute atomic E-state index is 0.0187. The van der Waals surface area contributed by atoms with Crippen molar-refractivity contribution in [1.29, 1.82) is 0 Å². The van der Waals surface area contributed by atoms with Crippen LogP contribution in [0.5, 0.6) is 5.75 Å². The zero-order valence-electron chi connectivity index (χ0n) is 7.29. The van der Waals surface area contributed by atoms with Gasteiger partial charge in [0.25, 0.3) is 0 Å². The maximum atomic E-state index is 12.8. The molecule has 1 rings (SSSR count). The van der Waals surface area contributed by atoms with E-state index in [2.05, 4.69) is 5.32 Å². The van der Waals surface area contributed by atoms with E-state index in [1.807, 2.05) is 0 Å². The molecular weight excluding hydrogens is 173 g/mol. The van der Waals surface area contributed by atoms with Crippen molar-refractivity contribution in [3.63, 3.8) is 0 Å². The number of aromatic hydroxyl groups is 1. The second-order valence-electron chi connectivity index (χ2n) is 2.73. The molecule has 0 spiro atoms. The van der Waals surface area contributed by atoms with E-state index >= 15 is 0 Å². The Morgan fingerprint density at radius 2 is 2.23 bits per heavy atom. The molecule has 0 bridgehead atoms. The highest BCUT2D eigenvalue weighted by Gasteiger charge is 2.12. The molecule has 0 radical (unpaired) electrons. The summed E-state index contributed by atoms with van der Waals surface area (Å²) in [5, 5.41) is 21.0. The number of hydrogen-bond donors (Lipinski definition) is 3. The SMILES string of the molecule is CN[C@H](CO)c1cc(F)ccc1O. The molecule has 0 aliphatic rings. The van der Waals surface area contributed by atoms with E-state index in [0.29, 0.717) is 5.56 Å². The summed E-state index contributed by atoms with van der Waals surface area (Å²) in [7, 11) is 1.63. The third-order valence-electron chi connectivity index (χ3n) is 1.90. The molecule has 0 aliphatic heterocycles. The number of aliphatic hydroxyl groups is 1. The normalized spacial score (nSPS) is 12.8. The van der Waals surface area contributed by atoms with Gasteiger partial charge in [0.05, 0.1) is 12.6 Å². The van der Waals surface area contributed by atoms with Crippen molar-refractivity contribution < 1.29 is 14.6 Å². The van der Waals surface area contributed by atoms with Crippen LogP contribution in [0.15, 0.2) is 18.2 Å². The van der Waals surface area contributed by atoms with Crippen molar-refractivity contribution in [2.24, 2.45) is 0 Å². The van der Waals surface area contributed by atoms with Crippen LogP contribution in [0.4, 0.5) is 4.39 Å². The molecule has 0 aromatic heterocycles. The Morgan fingerprint density at radius 1 is 1.54 bits per heavy atom. The first kappa shape index (κ1) is 9.95. The summed E-state index contributed by atoms with van der Waals surface area (Å²) in [4.78, 5) is 0.